The Morgan fingerprint density at radius 1 is 1.57 bits per heavy atom. The van der Waals surface area contributed by atoms with Crippen LogP contribution in [0.25, 0.3) is 0 Å². The molecule has 0 fully saturated rings. The van der Waals surface area contributed by atoms with Gasteiger partial charge in [0, 0.05) is 0 Å². The Morgan fingerprint density at radius 2 is 1.71 bits per heavy atom. The summed E-state index contributed by atoms with van der Waals surface area (Å²) in [5.41, 5.74) is 0. The Labute approximate surface area is 66.3 Å². The van der Waals surface area contributed by atoms with Crippen molar-refractivity contribution in [3.63, 3.8) is 0 Å². The zero-order valence-corrected chi connectivity index (χ0v) is 3.30. The number of halogens is 3. The van der Waals surface area contributed by atoms with Gasteiger partial charge in [-0.05, 0) is 11.6 Å². The molecule has 1 nitrogen and oxygen atoms in total. The van der Waals surface area contributed by atoms with E-state index in [-0.39, 0.29) is 35.8 Å². The van der Waals surface area contributed by atoms with Gasteiger partial charge in [0.1, 0.15) is 0 Å². The molecule has 0 saturated heterocycles. The molecule has 0 N–H and O–H groups in total. The van der Waals surface area contributed by atoms with Crippen LogP contribution in [-0.4, -0.2) is 41.2 Å². The van der Waals surface area contributed by atoms with E-state index in [1.807, 2.05) is 0 Å². The monoisotopic (exact) mass is 137 g/mol. The molecule has 0 aliphatic carbocycles. The van der Waals surface area contributed by atoms with Crippen molar-refractivity contribution in [1.82, 2.24) is 0 Å². The fraction of sp³-hybridized carbons (Fsp3) is 0.500. The van der Waals surface area contributed by atoms with E-state index in [2.05, 4.69) is 11.6 Å². The first kappa shape index (κ1) is 10.7. The number of rotatable bonds is 1. The van der Waals surface area contributed by atoms with E-state index in [0.717, 1.165) is 0 Å². The summed E-state index contributed by atoms with van der Waals surface area (Å²) >= 11 is 3.96. The summed E-state index contributed by atoms with van der Waals surface area (Å²) in [6.07, 6.45) is 0.286. The minimum absolute atomic E-state index is 0. The van der Waals surface area contributed by atoms with Gasteiger partial charge in [-0.15, -0.1) is 0 Å². The second-order valence-corrected chi connectivity index (χ2v) is 1.07. The van der Waals surface area contributed by atoms with Crippen molar-refractivity contribution in [3.05, 3.63) is 0 Å². The molecule has 1 radical (unpaired) electrons. The first-order valence-corrected chi connectivity index (χ1v) is 1.40. The molecule has 7 heavy (non-hydrogen) atoms. The molecule has 0 amide bonds. The van der Waals surface area contributed by atoms with Crippen molar-refractivity contribution < 1.29 is 13.6 Å². The van der Waals surface area contributed by atoms with Crippen molar-refractivity contribution in [1.29, 1.82) is 0 Å². The number of hydrogen-bond acceptors (Lipinski definition) is 1. The number of hydrogen-bond donors (Lipinski definition) is 0. The first-order chi connectivity index (χ1) is 2.56. The third-order valence-electron chi connectivity index (χ3n) is 0.116. The van der Waals surface area contributed by atoms with Gasteiger partial charge in [0.15, 0.2) is 0 Å². The SMILES string of the molecule is O=[C]C(F)(F)Cl.[NaH]. The van der Waals surface area contributed by atoms with Crippen LogP contribution in [-0.2, 0) is 4.79 Å². The van der Waals surface area contributed by atoms with E-state index in [1.165, 1.54) is 0 Å². The summed E-state index contributed by atoms with van der Waals surface area (Å²) in [4.78, 5) is 8.82. The summed E-state index contributed by atoms with van der Waals surface area (Å²) in [7, 11) is 0. The van der Waals surface area contributed by atoms with E-state index in [9.17, 15) is 8.78 Å². The van der Waals surface area contributed by atoms with Gasteiger partial charge in [-0.1, -0.05) is 0 Å². The molecule has 0 aromatic rings. The van der Waals surface area contributed by atoms with Crippen LogP contribution in [0.5, 0.6) is 0 Å². The molecule has 0 aliphatic rings. The normalized spacial score (nSPS) is 9.57. The van der Waals surface area contributed by atoms with E-state index in [4.69, 9.17) is 4.79 Å². The number of carbonyl (C=O) groups excluding carboxylic acids is 1. The molecule has 37 valence electrons. The van der Waals surface area contributed by atoms with Crippen molar-refractivity contribution in [2.24, 2.45) is 0 Å². The molecule has 0 atom stereocenters. The Morgan fingerprint density at radius 3 is 1.71 bits per heavy atom. The zero-order chi connectivity index (χ0) is 5.21. The minimum atomic E-state index is -3.79. The van der Waals surface area contributed by atoms with E-state index < -0.39 is 5.38 Å². The molecule has 0 spiro atoms. The van der Waals surface area contributed by atoms with Crippen LogP contribution < -0.4 is 0 Å². The second-order valence-electron chi connectivity index (χ2n) is 0.600. The average Bonchev–Trinajstić information content (AvgIpc) is 1.35. The maximum absolute atomic E-state index is 10.8. The van der Waals surface area contributed by atoms with Gasteiger partial charge in [0.25, 0.3) is 6.29 Å². The molecule has 0 aliphatic heterocycles. The predicted molar refractivity (Wildman–Crippen MR) is 23.6 cm³/mol. The van der Waals surface area contributed by atoms with Crippen LogP contribution in [0.1, 0.15) is 0 Å². The molecule has 0 saturated carbocycles. The molecular formula is C2HClF2NaO. The van der Waals surface area contributed by atoms with E-state index in [1.54, 1.807) is 0 Å². The van der Waals surface area contributed by atoms with Gasteiger partial charge in [-0.25, -0.2) is 0 Å². The van der Waals surface area contributed by atoms with Gasteiger partial charge in [0.05, 0.1) is 0 Å². The van der Waals surface area contributed by atoms with Crippen molar-refractivity contribution in [2.45, 2.75) is 5.38 Å². The summed E-state index contributed by atoms with van der Waals surface area (Å²) in [6.45, 7) is 0. The molecular weight excluding hydrogens is 136 g/mol. The van der Waals surface area contributed by atoms with Crippen molar-refractivity contribution in [2.75, 3.05) is 0 Å². The first-order valence-electron chi connectivity index (χ1n) is 1.02. The van der Waals surface area contributed by atoms with E-state index in [0.29, 0.717) is 0 Å². The maximum atomic E-state index is 10.8. The third kappa shape index (κ3) is 10.9. The molecule has 0 aromatic heterocycles. The number of alkyl halides is 3. The Balaban J connectivity index is 0. The fourth-order valence-electron chi connectivity index (χ4n) is 0. The topological polar surface area (TPSA) is 17.1 Å². The van der Waals surface area contributed by atoms with Crippen LogP contribution in [0, 0.1) is 0 Å². The van der Waals surface area contributed by atoms with Crippen LogP contribution in [0.15, 0.2) is 0 Å². The fourth-order valence-corrected chi connectivity index (χ4v) is 0. The van der Waals surface area contributed by atoms with Crippen molar-refractivity contribution in [3.8, 4) is 0 Å². The van der Waals surface area contributed by atoms with Crippen LogP contribution in [0.3, 0.4) is 0 Å². The average molecular weight is 137 g/mol. The van der Waals surface area contributed by atoms with Crippen LogP contribution in [0.2, 0.25) is 0 Å². The quantitative estimate of drug-likeness (QED) is 0.375. The summed E-state index contributed by atoms with van der Waals surface area (Å²) < 4.78 is 21.6. The predicted octanol–water partition coefficient (Wildman–Crippen LogP) is 0.279. The van der Waals surface area contributed by atoms with Gasteiger partial charge in [0.2, 0.25) is 0 Å². The molecule has 0 aromatic carbocycles. The van der Waals surface area contributed by atoms with Gasteiger partial charge < -0.3 is 0 Å². The summed E-state index contributed by atoms with van der Waals surface area (Å²) in [6, 6.07) is 0. The molecule has 0 bridgehead atoms. The van der Waals surface area contributed by atoms with Gasteiger partial charge in [-0.2, -0.15) is 8.78 Å². The Bertz CT molecular complexity index is 61.2. The molecule has 0 rings (SSSR count). The Kier molecular flexibility index (Phi) is 5.79. The molecule has 5 heteroatoms. The third-order valence-corrected chi connectivity index (χ3v) is 0.193. The van der Waals surface area contributed by atoms with Gasteiger partial charge in [-0.3, -0.25) is 4.79 Å². The molecule has 0 heterocycles. The van der Waals surface area contributed by atoms with E-state index >= 15 is 0 Å². The van der Waals surface area contributed by atoms with Crippen LogP contribution in [0.4, 0.5) is 8.78 Å². The zero-order valence-electron chi connectivity index (χ0n) is 2.54. The molecule has 0 unspecified atom stereocenters. The van der Waals surface area contributed by atoms with Crippen molar-refractivity contribution >= 4 is 47.4 Å². The standard InChI is InChI=1S/C2ClF2O.Na.H/c3-2(4,5)1-6;;. The van der Waals surface area contributed by atoms with Gasteiger partial charge >= 0.3 is 34.9 Å². The summed E-state index contributed by atoms with van der Waals surface area (Å²) in [5.74, 6) is 0. The summed E-state index contributed by atoms with van der Waals surface area (Å²) in [5, 5.41) is -3.79. The van der Waals surface area contributed by atoms with Crippen LogP contribution >= 0.6 is 11.6 Å². The second kappa shape index (κ2) is 3.78. The Hall–Kier alpha value is 0.820.